The van der Waals surface area contributed by atoms with Crippen molar-refractivity contribution in [2.24, 2.45) is 0 Å². The van der Waals surface area contributed by atoms with E-state index in [0.29, 0.717) is 6.54 Å². The third-order valence-electron chi connectivity index (χ3n) is 4.02. The fraction of sp³-hybridized carbons (Fsp3) is 0.412. The van der Waals surface area contributed by atoms with Gasteiger partial charge in [-0.25, -0.2) is 4.98 Å². The summed E-state index contributed by atoms with van der Waals surface area (Å²) in [5.74, 6) is 2.33. The van der Waals surface area contributed by atoms with Gasteiger partial charge in [0.1, 0.15) is 6.04 Å². The van der Waals surface area contributed by atoms with E-state index < -0.39 is 0 Å². The summed E-state index contributed by atoms with van der Waals surface area (Å²) in [4.78, 5) is 21.5. The molecule has 0 unspecified atom stereocenters. The number of carbonyl (C=O) groups excluding carboxylic acids is 1. The van der Waals surface area contributed by atoms with Crippen LogP contribution in [0, 0.1) is 0 Å². The lowest BCUT2D eigenvalue weighted by Crippen LogP contribution is -2.44. The zero-order chi connectivity index (χ0) is 16.1. The summed E-state index contributed by atoms with van der Waals surface area (Å²) in [6.07, 6.45) is 0. The van der Waals surface area contributed by atoms with Crippen LogP contribution in [0.4, 0.5) is 0 Å². The molecule has 1 aromatic heterocycles. The zero-order valence-electron chi connectivity index (χ0n) is 13.2. The Hall–Kier alpha value is -1.37. The Morgan fingerprint density at radius 1 is 1.30 bits per heavy atom. The lowest BCUT2D eigenvalue weighted by molar-refractivity contribution is -0.136. The van der Waals surface area contributed by atoms with Crippen molar-refractivity contribution in [1.29, 1.82) is 0 Å². The maximum atomic E-state index is 13.1. The Balaban J connectivity index is 1.80. The number of likely N-dealkylation sites (N-methyl/N-ethyl adjacent to an activating group) is 1. The molecule has 6 heteroatoms. The Labute approximate surface area is 145 Å². The number of hydrogen-bond acceptors (Lipinski definition) is 5. The Kier molecular flexibility index (Phi) is 5.70. The highest BCUT2D eigenvalue weighted by Gasteiger charge is 2.31. The highest BCUT2D eigenvalue weighted by Crippen LogP contribution is 2.26. The topological polar surface area (TPSA) is 36.4 Å². The van der Waals surface area contributed by atoms with Crippen molar-refractivity contribution in [2.75, 3.05) is 31.6 Å². The maximum absolute atomic E-state index is 13.1. The van der Waals surface area contributed by atoms with E-state index in [1.165, 1.54) is 0 Å². The van der Waals surface area contributed by atoms with Crippen LogP contribution in [0.25, 0.3) is 0 Å². The molecule has 122 valence electrons. The molecule has 23 heavy (non-hydrogen) atoms. The van der Waals surface area contributed by atoms with Gasteiger partial charge in [0.15, 0.2) is 0 Å². The molecule has 0 saturated carbocycles. The lowest BCUT2D eigenvalue weighted by Gasteiger charge is -2.35. The number of thioether (sulfide) groups is 1. The van der Waals surface area contributed by atoms with E-state index in [-0.39, 0.29) is 11.9 Å². The van der Waals surface area contributed by atoms with Crippen LogP contribution in [0.3, 0.4) is 0 Å². The summed E-state index contributed by atoms with van der Waals surface area (Å²) in [5.41, 5.74) is 3.84. The van der Waals surface area contributed by atoms with Crippen molar-refractivity contribution < 1.29 is 4.79 Å². The van der Waals surface area contributed by atoms with Gasteiger partial charge in [0.05, 0.1) is 17.7 Å². The first-order chi connectivity index (χ1) is 11.3. The highest BCUT2D eigenvalue weighted by molar-refractivity contribution is 7.99. The molecule has 1 saturated heterocycles. The minimum Gasteiger partial charge on any atom is -0.338 e. The molecule has 1 aliphatic rings. The van der Waals surface area contributed by atoms with Gasteiger partial charge in [-0.1, -0.05) is 30.3 Å². The number of thiazole rings is 1. The van der Waals surface area contributed by atoms with E-state index in [9.17, 15) is 4.79 Å². The molecule has 2 aromatic rings. The van der Waals surface area contributed by atoms with Crippen molar-refractivity contribution in [2.45, 2.75) is 12.6 Å². The van der Waals surface area contributed by atoms with E-state index >= 15 is 0 Å². The van der Waals surface area contributed by atoms with Crippen molar-refractivity contribution in [3.63, 3.8) is 0 Å². The average Bonchev–Trinajstić information content (AvgIpc) is 3.10. The van der Waals surface area contributed by atoms with Crippen LogP contribution in [-0.4, -0.2) is 52.3 Å². The van der Waals surface area contributed by atoms with E-state index in [1.54, 1.807) is 16.2 Å². The monoisotopic (exact) mass is 347 g/mol. The van der Waals surface area contributed by atoms with Crippen LogP contribution >= 0.6 is 23.1 Å². The molecule has 1 aliphatic heterocycles. The summed E-state index contributed by atoms with van der Waals surface area (Å²) in [6, 6.07) is 9.93. The first-order valence-corrected chi connectivity index (χ1v) is 9.84. The molecule has 1 amide bonds. The number of benzene rings is 1. The number of amides is 1. The van der Waals surface area contributed by atoms with Gasteiger partial charge < -0.3 is 4.90 Å². The van der Waals surface area contributed by atoms with Crippen LogP contribution in [-0.2, 0) is 11.3 Å². The van der Waals surface area contributed by atoms with Gasteiger partial charge in [-0.3, -0.25) is 9.69 Å². The van der Waals surface area contributed by atoms with Crippen LogP contribution in [0.1, 0.15) is 17.3 Å². The maximum Gasteiger partial charge on any atom is 0.244 e. The molecule has 3 rings (SSSR count). The van der Waals surface area contributed by atoms with Crippen molar-refractivity contribution in [3.05, 3.63) is 52.5 Å². The van der Waals surface area contributed by atoms with E-state index in [4.69, 9.17) is 0 Å². The SMILES string of the molecule is CN(Cc1cscn1)C(=O)[C@H](c1ccccc1)N1CCSCC1. The van der Waals surface area contributed by atoms with Gasteiger partial charge in [-0.2, -0.15) is 11.8 Å². The largest absolute Gasteiger partial charge is 0.338 e. The number of aromatic nitrogens is 1. The Morgan fingerprint density at radius 2 is 2.04 bits per heavy atom. The van der Waals surface area contributed by atoms with E-state index in [2.05, 4.69) is 22.0 Å². The smallest absolute Gasteiger partial charge is 0.244 e. The van der Waals surface area contributed by atoms with Crippen molar-refractivity contribution in [1.82, 2.24) is 14.8 Å². The molecular weight excluding hydrogens is 326 g/mol. The predicted octanol–water partition coefficient (Wildman–Crippen LogP) is 2.89. The standard InChI is InChI=1S/C17H21N3OS2/c1-19(11-15-12-23-13-18-15)17(21)16(14-5-3-2-4-6-14)20-7-9-22-10-8-20/h2-6,12-13,16H,7-11H2,1H3/t16-/m0/s1. The number of rotatable bonds is 5. The minimum absolute atomic E-state index is 0.149. The minimum atomic E-state index is -0.194. The fourth-order valence-corrected chi connectivity index (χ4v) is 4.31. The predicted molar refractivity (Wildman–Crippen MR) is 96.7 cm³/mol. The summed E-state index contributed by atoms with van der Waals surface area (Å²) in [5, 5.41) is 2.00. The number of hydrogen-bond donors (Lipinski definition) is 0. The molecular formula is C17H21N3OS2. The average molecular weight is 348 g/mol. The second kappa shape index (κ2) is 7.95. The van der Waals surface area contributed by atoms with Crippen molar-refractivity contribution in [3.8, 4) is 0 Å². The van der Waals surface area contributed by atoms with Gasteiger partial charge in [0, 0.05) is 37.0 Å². The van der Waals surface area contributed by atoms with Crippen LogP contribution in [0.15, 0.2) is 41.2 Å². The first-order valence-electron chi connectivity index (χ1n) is 7.74. The molecule has 1 fully saturated rings. The first kappa shape index (κ1) is 16.5. The van der Waals surface area contributed by atoms with E-state index in [1.807, 2.05) is 47.9 Å². The number of nitrogens with zero attached hydrogens (tertiary/aromatic N) is 3. The van der Waals surface area contributed by atoms with Gasteiger partial charge in [-0.15, -0.1) is 11.3 Å². The molecule has 0 N–H and O–H groups in total. The molecule has 2 heterocycles. The summed E-state index contributed by atoms with van der Waals surface area (Å²) >= 11 is 3.52. The summed E-state index contributed by atoms with van der Waals surface area (Å²) < 4.78 is 0. The lowest BCUT2D eigenvalue weighted by atomic mass is 10.0. The zero-order valence-corrected chi connectivity index (χ0v) is 14.9. The number of carbonyl (C=O) groups is 1. The molecule has 1 atom stereocenters. The third-order valence-corrected chi connectivity index (χ3v) is 5.60. The Morgan fingerprint density at radius 3 is 2.70 bits per heavy atom. The van der Waals surface area contributed by atoms with Crippen LogP contribution < -0.4 is 0 Å². The molecule has 0 radical (unpaired) electrons. The van der Waals surface area contributed by atoms with Gasteiger partial charge in [0.2, 0.25) is 5.91 Å². The van der Waals surface area contributed by atoms with Crippen molar-refractivity contribution >= 4 is 29.0 Å². The summed E-state index contributed by atoms with van der Waals surface area (Å²) in [7, 11) is 1.87. The van der Waals surface area contributed by atoms with E-state index in [0.717, 1.165) is 35.9 Å². The van der Waals surface area contributed by atoms with Crippen LogP contribution in [0.2, 0.25) is 0 Å². The van der Waals surface area contributed by atoms with Gasteiger partial charge in [0.25, 0.3) is 0 Å². The second-order valence-corrected chi connectivity index (χ2v) is 7.58. The highest BCUT2D eigenvalue weighted by atomic mass is 32.2. The Bertz CT molecular complexity index is 612. The van der Waals surface area contributed by atoms with Gasteiger partial charge in [-0.05, 0) is 5.56 Å². The normalized spacial score (nSPS) is 16.9. The van der Waals surface area contributed by atoms with Gasteiger partial charge >= 0.3 is 0 Å². The molecule has 0 aliphatic carbocycles. The quantitative estimate of drug-likeness (QED) is 0.833. The molecule has 0 spiro atoms. The third kappa shape index (κ3) is 4.13. The van der Waals surface area contributed by atoms with Crippen LogP contribution in [0.5, 0.6) is 0 Å². The summed E-state index contributed by atoms with van der Waals surface area (Å²) in [6.45, 7) is 2.48. The molecule has 0 bridgehead atoms. The molecule has 1 aromatic carbocycles. The fourth-order valence-electron chi connectivity index (χ4n) is 2.83. The molecule has 4 nitrogen and oxygen atoms in total. The second-order valence-electron chi connectivity index (χ2n) is 5.64.